The topological polar surface area (TPSA) is 62.3 Å². The van der Waals surface area contributed by atoms with E-state index in [-0.39, 0.29) is 5.03 Å². The minimum atomic E-state index is -3.52. The fraction of sp³-hybridized carbons (Fsp3) is 0.643. The Morgan fingerprint density at radius 2 is 2.29 bits per heavy atom. The highest BCUT2D eigenvalue weighted by molar-refractivity contribution is 8.00. The van der Waals surface area contributed by atoms with E-state index in [9.17, 15) is 8.42 Å². The second-order valence-electron chi connectivity index (χ2n) is 5.05. The molecule has 21 heavy (non-hydrogen) atoms. The summed E-state index contributed by atoms with van der Waals surface area (Å²) in [5, 5.41) is 3.69. The average Bonchev–Trinajstić information content (AvgIpc) is 2.53. The highest BCUT2D eigenvalue weighted by Crippen LogP contribution is 2.28. The van der Waals surface area contributed by atoms with Gasteiger partial charge in [-0.2, -0.15) is 16.1 Å². The van der Waals surface area contributed by atoms with Gasteiger partial charge in [-0.1, -0.05) is 13.8 Å². The highest BCUT2D eigenvalue weighted by Gasteiger charge is 2.32. The van der Waals surface area contributed by atoms with E-state index in [0.717, 1.165) is 25.1 Å². The zero-order valence-electron chi connectivity index (χ0n) is 12.6. The first-order chi connectivity index (χ1) is 10.1. The second kappa shape index (κ2) is 7.47. The Morgan fingerprint density at radius 1 is 1.48 bits per heavy atom. The zero-order valence-corrected chi connectivity index (χ0v) is 14.2. The van der Waals surface area contributed by atoms with Crippen molar-refractivity contribution in [3.63, 3.8) is 0 Å². The molecule has 2 heterocycles. The number of nitrogens with one attached hydrogen (secondary N) is 1. The maximum atomic E-state index is 12.8. The molecule has 1 N–H and O–H groups in total. The van der Waals surface area contributed by atoms with E-state index < -0.39 is 10.0 Å². The first-order valence-electron chi connectivity index (χ1n) is 7.40. The van der Waals surface area contributed by atoms with Gasteiger partial charge in [-0.25, -0.2) is 13.4 Å². The molecule has 5 nitrogen and oxygen atoms in total. The smallest absolute Gasteiger partial charge is 0.262 e. The summed E-state index contributed by atoms with van der Waals surface area (Å²) < 4.78 is 27.3. The van der Waals surface area contributed by atoms with Crippen LogP contribution in [0.2, 0.25) is 0 Å². The van der Waals surface area contributed by atoms with Gasteiger partial charge < -0.3 is 5.32 Å². The van der Waals surface area contributed by atoms with Gasteiger partial charge in [-0.3, -0.25) is 0 Å². The zero-order chi connectivity index (χ0) is 15.3. The Bertz CT molecular complexity index is 563. The molecule has 1 aliphatic rings. The predicted molar refractivity (Wildman–Crippen MR) is 88.3 cm³/mol. The molecule has 1 saturated heterocycles. The molecule has 1 aromatic heterocycles. The van der Waals surface area contributed by atoms with Gasteiger partial charge in [0.15, 0.2) is 5.03 Å². The lowest BCUT2D eigenvalue weighted by molar-refractivity contribution is 0.414. The molecule has 1 aromatic rings. The monoisotopic (exact) mass is 329 g/mol. The summed E-state index contributed by atoms with van der Waals surface area (Å²) in [5.41, 5.74) is 0.602. The lowest BCUT2D eigenvalue weighted by Gasteiger charge is -2.31. The van der Waals surface area contributed by atoms with Gasteiger partial charge in [-0.05, 0) is 25.0 Å². The number of sulfonamides is 1. The van der Waals surface area contributed by atoms with E-state index in [4.69, 9.17) is 0 Å². The average molecular weight is 329 g/mol. The van der Waals surface area contributed by atoms with Crippen LogP contribution in [-0.2, 0) is 10.0 Å². The number of hydrogen-bond acceptors (Lipinski definition) is 5. The summed E-state index contributed by atoms with van der Waals surface area (Å²) in [6, 6.07) is 3.55. The molecule has 0 radical (unpaired) electrons. The molecule has 1 fully saturated rings. The van der Waals surface area contributed by atoms with Crippen molar-refractivity contribution in [3.05, 3.63) is 18.3 Å². The van der Waals surface area contributed by atoms with Gasteiger partial charge >= 0.3 is 0 Å². The SMILES string of the molecule is CCCNc1cccnc1S(=O)(=O)N1CCSC(CC)C1. The van der Waals surface area contributed by atoms with Crippen LogP contribution < -0.4 is 5.32 Å². The van der Waals surface area contributed by atoms with Crippen LogP contribution in [0.3, 0.4) is 0 Å². The molecule has 0 aliphatic carbocycles. The van der Waals surface area contributed by atoms with E-state index in [1.54, 1.807) is 22.6 Å². The van der Waals surface area contributed by atoms with Crippen molar-refractivity contribution in [2.75, 3.05) is 30.7 Å². The Kier molecular flexibility index (Phi) is 5.89. The summed E-state index contributed by atoms with van der Waals surface area (Å²) in [5.74, 6) is 0.849. The third-order valence-corrected chi connectivity index (χ3v) is 6.68. The largest absolute Gasteiger partial charge is 0.383 e. The fourth-order valence-corrected chi connectivity index (χ4v) is 5.23. The molecular formula is C14H23N3O2S2. The van der Waals surface area contributed by atoms with Crippen LogP contribution in [0.1, 0.15) is 26.7 Å². The van der Waals surface area contributed by atoms with Crippen molar-refractivity contribution < 1.29 is 8.42 Å². The van der Waals surface area contributed by atoms with Gasteiger partial charge in [0.1, 0.15) is 0 Å². The Morgan fingerprint density at radius 3 is 3.00 bits per heavy atom. The first-order valence-corrected chi connectivity index (χ1v) is 9.89. The van der Waals surface area contributed by atoms with Crippen LogP contribution in [0.5, 0.6) is 0 Å². The van der Waals surface area contributed by atoms with Gasteiger partial charge in [0, 0.05) is 36.8 Å². The van der Waals surface area contributed by atoms with Crippen molar-refractivity contribution >= 4 is 27.5 Å². The van der Waals surface area contributed by atoms with E-state index in [2.05, 4.69) is 17.2 Å². The summed E-state index contributed by atoms with van der Waals surface area (Å²) in [6.07, 6.45) is 3.46. The van der Waals surface area contributed by atoms with Crippen LogP contribution in [-0.4, -0.2) is 48.3 Å². The van der Waals surface area contributed by atoms with E-state index in [1.165, 1.54) is 0 Å². The van der Waals surface area contributed by atoms with Crippen molar-refractivity contribution in [3.8, 4) is 0 Å². The van der Waals surface area contributed by atoms with Crippen LogP contribution in [0.15, 0.2) is 23.4 Å². The van der Waals surface area contributed by atoms with Gasteiger partial charge in [0.2, 0.25) is 0 Å². The number of nitrogens with zero attached hydrogens (tertiary/aromatic N) is 2. The number of anilines is 1. The highest BCUT2D eigenvalue weighted by atomic mass is 32.2. The molecule has 7 heteroatoms. The number of aromatic nitrogens is 1. The van der Waals surface area contributed by atoms with Crippen LogP contribution in [0.4, 0.5) is 5.69 Å². The maximum Gasteiger partial charge on any atom is 0.262 e. The molecule has 0 spiro atoms. The van der Waals surface area contributed by atoms with Crippen molar-refractivity contribution in [1.29, 1.82) is 0 Å². The van der Waals surface area contributed by atoms with E-state index in [1.807, 2.05) is 18.7 Å². The number of rotatable bonds is 6. The molecule has 118 valence electrons. The van der Waals surface area contributed by atoms with E-state index >= 15 is 0 Å². The van der Waals surface area contributed by atoms with Gasteiger partial charge in [0.25, 0.3) is 10.0 Å². The van der Waals surface area contributed by atoms with Gasteiger partial charge in [0.05, 0.1) is 5.69 Å². The van der Waals surface area contributed by atoms with E-state index in [0.29, 0.717) is 24.0 Å². The number of pyridine rings is 1. The first kappa shape index (κ1) is 16.6. The van der Waals surface area contributed by atoms with Crippen LogP contribution in [0.25, 0.3) is 0 Å². The standard InChI is InChI=1S/C14H23N3O2S2/c1-3-7-15-13-6-5-8-16-14(13)21(18,19)17-9-10-20-12(4-2)11-17/h5-6,8,12,15H,3-4,7,9-11H2,1-2H3. The molecular weight excluding hydrogens is 306 g/mol. The molecule has 2 rings (SSSR count). The minimum absolute atomic E-state index is 0.153. The minimum Gasteiger partial charge on any atom is -0.383 e. The maximum absolute atomic E-state index is 12.8. The summed E-state index contributed by atoms with van der Waals surface area (Å²) in [6.45, 7) is 6.02. The Hall–Kier alpha value is -0.790. The third-order valence-electron chi connectivity index (χ3n) is 3.48. The lowest BCUT2D eigenvalue weighted by atomic mass is 10.3. The molecule has 0 aromatic carbocycles. The fourth-order valence-electron chi connectivity index (χ4n) is 2.27. The molecule has 1 aliphatic heterocycles. The predicted octanol–water partition coefficient (Wildman–Crippen LogP) is 2.42. The lowest BCUT2D eigenvalue weighted by Crippen LogP contribution is -2.42. The van der Waals surface area contributed by atoms with Crippen molar-refractivity contribution in [2.45, 2.75) is 37.0 Å². The third kappa shape index (κ3) is 3.90. The quantitative estimate of drug-likeness (QED) is 0.868. The summed E-state index contributed by atoms with van der Waals surface area (Å²) in [4.78, 5) is 4.13. The van der Waals surface area contributed by atoms with Crippen LogP contribution >= 0.6 is 11.8 Å². The number of thioether (sulfide) groups is 1. The summed E-state index contributed by atoms with van der Waals surface area (Å²) >= 11 is 1.85. The van der Waals surface area contributed by atoms with Crippen molar-refractivity contribution in [2.24, 2.45) is 0 Å². The normalized spacial score (nSPS) is 20.4. The van der Waals surface area contributed by atoms with Gasteiger partial charge in [-0.15, -0.1) is 0 Å². The molecule has 0 bridgehead atoms. The Labute approximate surface area is 131 Å². The molecule has 1 atom stereocenters. The van der Waals surface area contributed by atoms with Crippen LogP contribution in [0, 0.1) is 0 Å². The molecule has 0 saturated carbocycles. The summed E-state index contributed by atoms with van der Waals surface area (Å²) in [7, 11) is -3.52. The molecule has 1 unspecified atom stereocenters. The molecule has 0 amide bonds. The van der Waals surface area contributed by atoms with Crippen molar-refractivity contribution in [1.82, 2.24) is 9.29 Å². The number of hydrogen-bond donors (Lipinski definition) is 1. The second-order valence-corrected chi connectivity index (χ2v) is 8.31. The Balaban J connectivity index is 2.26.